The average molecular weight is 271 g/mol. The summed E-state index contributed by atoms with van der Waals surface area (Å²) in [5.41, 5.74) is 3.16. The molecule has 1 saturated carbocycles. The number of benzene rings is 1. The Kier molecular flexibility index (Phi) is 5.85. The Labute approximate surface area is 124 Å². The quantitative estimate of drug-likeness (QED) is 0.541. The highest BCUT2D eigenvalue weighted by Crippen LogP contribution is 2.44. The van der Waals surface area contributed by atoms with E-state index >= 15 is 0 Å². The number of hydrogen-bond donors (Lipinski definition) is 0. The molecule has 2 aliphatic rings. The van der Waals surface area contributed by atoms with E-state index in [2.05, 4.69) is 62.1 Å². The summed E-state index contributed by atoms with van der Waals surface area (Å²) in [6, 6.07) is 12.5. The van der Waals surface area contributed by atoms with Crippen molar-refractivity contribution in [2.75, 3.05) is 0 Å². The van der Waals surface area contributed by atoms with Crippen molar-refractivity contribution in [2.45, 2.75) is 71.5 Å². The smallest absolute Gasteiger partial charge is 0.0471 e. The standard InChI is InChI=1S/C16H21N.C3H8/c1-2-7-14-10-6-11-15-16(14)17(15)12-13-8-4-3-5-9-13;1-3-2/h3-5,7-9,15-16H,2,6,10-12H2,1H3;3H2,1-2H3/b14-7-;. The molecule has 0 amide bonds. The molecule has 1 aliphatic heterocycles. The highest BCUT2D eigenvalue weighted by molar-refractivity contribution is 5.28. The molecule has 1 aromatic carbocycles. The number of hydrogen-bond acceptors (Lipinski definition) is 1. The first-order valence-corrected chi connectivity index (χ1v) is 8.30. The molecule has 0 bridgehead atoms. The largest absolute Gasteiger partial charge is 0.286 e. The second-order valence-corrected chi connectivity index (χ2v) is 5.96. The van der Waals surface area contributed by atoms with E-state index in [9.17, 15) is 0 Å². The van der Waals surface area contributed by atoms with Crippen LogP contribution in [0.3, 0.4) is 0 Å². The van der Waals surface area contributed by atoms with Crippen LogP contribution in [0.5, 0.6) is 0 Å². The monoisotopic (exact) mass is 271 g/mol. The van der Waals surface area contributed by atoms with Crippen molar-refractivity contribution >= 4 is 0 Å². The van der Waals surface area contributed by atoms with Crippen LogP contribution in [0, 0.1) is 0 Å². The van der Waals surface area contributed by atoms with Crippen molar-refractivity contribution in [1.29, 1.82) is 0 Å². The first-order valence-electron chi connectivity index (χ1n) is 8.30. The van der Waals surface area contributed by atoms with Crippen molar-refractivity contribution in [3.63, 3.8) is 0 Å². The fraction of sp³-hybridized carbons (Fsp3) is 0.579. The zero-order valence-electron chi connectivity index (χ0n) is 13.3. The van der Waals surface area contributed by atoms with Crippen molar-refractivity contribution in [3.8, 4) is 0 Å². The third-order valence-electron chi connectivity index (χ3n) is 4.08. The van der Waals surface area contributed by atoms with Gasteiger partial charge in [0.1, 0.15) is 0 Å². The van der Waals surface area contributed by atoms with E-state index in [1.54, 1.807) is 5.57 Å². The third kappa shape index (κ3) is 3.73. The molecule has 1 nitrogen and oxygen atoms in total. The van der Waals surface area contributed by atoms with Crippen LogP contribution in [-0.2, 0) is 6.54 Å². The maximum absolute atomic E-state index is 2.67. The molecule has 1 saturated heterocycles. The number of nitrogens with zero attached hydrogens (tertiary/aromatic N) is 1. The van der Waals surface area contributed by atoms with Crippen LogP contribution in [0.2, 0.25) is 0 Å². The summed E-state index contributed by atoms with van der Waals surface area (Å²) >= 11 is 0. The Balaban J connectivity index is 0.000000452. The lowest BCUT2D eigenvalue weighted by Gasteiger charge is -2.10. The molecule has 1 aliphatic carbocycles. The molecule has 2 fully saturated rings. The van der Waals surface area contributed by atoms with Crippen LogP contribution in [0.1, 0.15) is 58.4 Å². The van der Waals surface area contributed by atoms with E-state index in [-0.39, 0.29) is 0 Å². The molecule has 0 N–H and O–H groups in total. The molecule has 0 radical (unpaired) electrons. The van der Waals surface area contributed by atoms with E-state index < -0.39 is 0 Å². The minimum absolute atomic E-state index is 0.781. The minimum Gasteiger partial charge on any atom is -0.286 e. The number of rotatable bonds is 3. The zero-order chi connectivity index (χ0) is 14.4. The molecular formula is C19H29N. The molecule has 0 spiro atoms. The molecule has 20 heavy (non-hydrogen) atoms. The Morgan fingerprint density at radius 3 is 2.50 bits per heavy atom. The van der Waals surface area contributed by atoms with Gasteiger partial charge in [0, 0.05) is 18.6 Å². The molecule has 0 aromatic heterocycles. The van der Waals surface area contributed by atoms with Gasteiger partial charge in [-0.2, -0.15) is 0 Å². The normalized spacial score (nSPS) is 29.4. The van der Waals surface area contributed by atoms with Crippen molar-refractivity contribution in [2.24, 2.45) is 0 Å². The second kappa shape index (κ2) is 7.64. The maximum atomic E-state index is 2.67. The summed E-state index contributed by atoms with van der Waals surface area (Å²) in [5, 5.41) is 0. The number of likely N-dealkylation sites (tertiary alicyclic amines) is 1. The molecule has 1 heterocycles. The van der Waals surface area contributed by atoms with Gasteiger partial charge >= 0.3 is 0 Å². The van der Waals surface area contributed by atoms with Crippen LogP contribution in [-0.4, -0.2) is 17.0 Å². The summed E-state index contributed by atoms with van der Waals surface area (Å²) in [6.07, 6.45) is 9.02. The average Bonchev–Trinajstić information content (AvgIpc) is 3.16. The van der Waals surface area contributed by atoms with E-state index in [0.717, 1.165) is 18.6 Å². The predicted octanol–water partition coefficient (Wildman–Crippen LogP) is 5.18. The molecule has 3 atom stereocenters. The van der Waals surface area contributed by atoms with Gasteiger partial charge in [0.2, 0.25) is 0 Å². The molecule has 3 rings (SSSR count). The number of fused-ring (bicyclic) bond motifs is 1. The van der Waals surface area contributed by atoms with E-state index in [1.807, 2.05) is 0 Å². The fourth-order valence-corrected chi connectivity index (χ4v) is 3.27. The fourth-order valence-electron chi connectivity index (χ4n) is 3.27. The van der Waals surface area contributed by atoms with Gasteiger partial charge in [-0.3, -0.25) is 4.90 Å². The lowest BCUT2D eigenvalue weighted by molar-refractivity contribution is 0.481. The lowest BCUT2D eigenvalue weighted by Crippen LogP contribution is -2.05. The van der Waals surface area contributed by atoms with Gasteiger partial charge in [-0.1, -0.05) is 69.2 Å². The predicted molar refractivity (Wildman–Crippen MR) is 87.8 cm³/mol. The van der Waals surface area contributed by atoms with E-state index in [4.69, 9.17) is 0 Å². The van der Waals surface area contributed by atoms with Gasteiger partial charge in [0.15, 0.2) is 0 Å². The Bertz CT molecular complexity index is 421. The highest BCUT2D eigenvalue weighted by atomic mass is 15.4. The molecule has 1 heteroatoms. The van der Waals surface area contributed by atoms with Gasteiger partial charge in [-0.05, 0) is 31.2 Å². The SMILES string of the molecule is CC/C=C1/CCCC2C1N2Cc1ccccc1.CCC. The summed E-state index contributed by atoms with van der Waals surface area (Å²) in [7, 11) is 0. The van der Waals surface area contributed by atoms with E-state index in [0.29, 0.717) is 0 Å². The summed E-state index contributed by atoms with van der Waals surface area (Å²) in [4.78, 5) is 2.67. The molecule has 110 valence electrons. The first kappa shape index (κ1) is 15.3. The highest BCUT2D eigenvalue weighted by Gasteiger charge is 2.50. The number of allylic oxidation sites excluding steroid dienone is 1. The van der Waals surface area contributed by atoms with Gasteiger partial charge in [0.05, 0.1) is 0 Å². The zero-order valence-corrected chi connectivity index (χ0v) is 13.3. The summed E-state index contributed by atoms with van der Waals surface area (Å²) < 4.78 is 0. The first-order chi connectivity index (χ1) is 9.81. The molecule has 3 unspecified atom stereocenters. The Morgan fingerprint density at radius 2 is 1.85 bits per heavy atom. The maximum Gasteiger partial charge on any atom is 0.0471 e. The Morgan fingerprint density at radius 1 is 1.15 bits per heavy atom. The van der Waals surface area contributed by atoms with Crippen molar-refractivity contribution in [3.05, 3.63) is 47.5 Å². The van der Waals surface area contributed by atoms with Crippen molar-refractivity contribution in [1.82, 2.24) is 4.90 Å². The third-order valence-corrected chi connectivity index (χ3v) is 4.08. The van der Waals surface area contributed by atoms with Crippen molar-refractivity contribution < 1.29 is 0 Å². The van der Waals surface area contributed by atoms with E-state index in [1.165, 1.54) is 37.7 Å². The minimum atomic E-state index is 0.781. The van der Waals surface area contributed by atoms with Crippen LogP contribution >= 0.6 is 0 Å². The molecule has 1 aromatic rings. The summed E-state index contributed by atoms with van der Waals surface area (Å²) in [5.74, 6) is 0. The van der Waals surface area contributed by atoms with Crippen LogP contribution < -0.4 is 0 Å². The van der Waals surface area contributed by atoms with Crippen LogP contribution in [0.15, 0.2) is 42.0 Å². The van der Waals surface area contributed by atoms with Crippen LogP contribution in [0.25, 0.3) is 0 Å². The second-order valence-electron chi connectivity index (χ2n) is 5.96. The van der Waals surface area contributed by atoms with Gasteiger partial charge < -0.3 is 0 Å². The van der Waals surface area contributed by atoms with Crippen LogP contribution in [0.4, 0.5) is 0 Å². The molecular weight excluding hydrogens is 242 g/mol. The topological polar surface area (TPSA) is 3.01 Å². The van der Waals surface area contributed by atoms with Gasteiger partial charge in [-0.15, -0.1) is 0 Å². The van der Waals surface area contributed by atoms with Gasteiger partial charge in [0.25, 0.3) is 0 Å². The van der Waals surface area contributed by atoms with Gasteiger partial charge in [-0.25, -0.2) is 0 Å². The summed E-state index contributed by atoms with van der Waals surface area (Å²) in [6.45, 7) is 7.64. The Hall–Kier alpha value is -1.08. The lowest BCUT2D eigenvalue weighted by atomic mass is 9.94.